The Morgan fingerprint density at radius 1 is 1.12 bits per heavy atom. The van der Waals surface area contributed by atoms with Crippen LogP contribution in [0, 0.1) is 25.5 Å². The van der Waals surface area contributed by atoms with Crippen LogP contribution in [0.5, 0.6) is 0 Å². The van der Waals surface area contributed by atoms with E-state index in [4.69, 9.17) is 0 Å². The lowest BCUT2D eigenvalue weighted by molar-refractivity contribution is 0.587. The third-order valence-corrected chi connectivity index (χ3v) is 2.73. The molecule has 0 fully saturated rings. The molecule has 0 aliphatic heterocycles. The van der Waals surface area contributed by atoms with Crippen molar-refractivity contribution in [1.29, 1.82) is 0 Å². The first-order valence-corrected chi connectivity index (χ1v) is 5.02. The highest BCUT2D eigenvalue weighted by Gasteiger charge is 2.16. The van der Waals surface area contributed by atoms with Crippen LogP contribution in [0.1, 0.15) is 11.1 Å². The van der Waals surface area contributed by atoms with Crippen LogP contribution in [-0.2, 0) is 0 Å². The molecule has 0 spiro atoms. The first-order valence-electron chi connectivity index (χ1n) is 5.02. The standard InChI is InChI=1S/C12H10F2N2O/c1-6-7(2)12(17)16-15-11(6)10-8(13)4-3-5-9(10)14/h3-5H,1-2H3,(H,16,17). The molecule has 0 bridgehead atoms. The van der Waals surface area contributed by atoms with Gasteiger partial charge < -0.3 is 0 Å². The summed E-state index contributed by atoms with van der Waals surface area (Å²) < 4.78 is 27.2. The van der Waals surface area contributed by atoms with Crippen molar-refractivity contribution >= 4 is 0 Å². The SMILES string of the molecule is Cc1c(-c2c(F)cccc2F)n[nH]c(=O)c1C. The summed E-state index contributed by atoms with van der Waals surface area (Å²) in [6, 6.07) is 3.59. The number of rotatable bonds is 1. The predicted octanol–water partition coefficient (Wildman–Crippen LogP) is 2.33. The number of nitrogens with zero attached hydrogens (tertiary/aromatic N) is 1. The van der Waals surface area contributed by atoms with Gasteiger partial charge in [0.2, 0.25) is 0 Å². The van der Waals surface area contributed by atoms with E-state index in [9.17, 15) is 13.6 Å². The molecule has 0 atom stereocenters. The van der Waals surface area contributed by atoms with Crippen molar-refractivity contribution < 1.29 is 8.78 Å². The molecule has 3 nitrogen and oxygen atoms in total. The van der Waals surface area contributed by atoms with Gasteiger partial charge in [0.25, 0.3) is 5.56 Å². The molecule has 0 saturated heterocycles. The van der Waals surface area contributed by atoms with Crippen LogP contribution in [0.25, 0.3) is 11.3 Å². The molecule has 2 rings (SSSR count). The van der Waals surface area contributed by atoms with E-state index in [0.717, 1.165) is 12.1 Å². The first-order chi connectivity index (χ1) is 8.02. The Bertz CT molecular complexity index is 615. The van der Waals surface area contributed by atoms with Gasteiger partial charge in [-0.15, -0.1) is 0 Å². The maximum atomic E-state index is 13.6. The van der Waals surface area contributed by atoms with Crippen molar-refractivity contribution in [3.63, 3.8) is 0 Å². The summed E-state index contributed by atoms with van der Waals surface area (Å²) in [7, 11) is 0. The third kappa shape index (κ3) is 1.84. The molecule has 0 unspecified atom stereocenters. The second-order valence-corrected chi connectivity index (χ2v) is 3.75. The minimum absolute atomic E-state index is 0.123. The quantitative estimate of drug-likeness (QED) is 0.826. The van der Waals surface area contributed by atoms with Gasteiger partial charge in [-0.1, -0.05) is 6.07 Å². The number of nitrogens with one attached hydrogen (secondary N) is 1. The first kappa shape index (κ1) is 11.4. The van der Waals surface area contributed by atoms with Crippen LogP contribution < -0.4 is 5.56 Å². The van der Waals surface area contributed by atoms with Gasteiger partial charge >= 0.3 is 0 Å². The minimum Gasteiger partial charge on any atom is -0.268 e. The van der Waals surface area contributed by atoms with Crippen LogP contribution >= 0.6 is 0 Å². The van der Waals surface area contributed by atoms with Crippen molar-refractivity contribution in [3.05, 3.63) is 51.3 Å². The monoisotopic (exact) mass is 236 g/mol. The fourth-order valence-electron chi connectivity index (χ4n) is 1.59. The number of aromatic nitrogens is 2. The third-order valence-electron chi connectivity index (χ3n) is 2.73. The van der Waals surface area contributed by atoms with E-state index < -0.39 is 11.6 Å². The number of H-pyrrole nitrogens is 1. The number of hydrogen-bond donors (Lipinski definition) is 1. The summed E-state index contributed by atoms with van der Waals surface area (Å²) >= 11 is 0. The molecular weight excluding hydrogens is 226 g/mol. The number of hydrogen-bond acceptors (Lipinski definition) is 2. The molecule has 0 radical (unpaired) electrons. The van der Waals surface area contributed by atoms with Crippen LogP contribution in [-0.4, -0.2) is 10.2 Å². The Balaban J connectivity index is 2.78. The molecule has 0 saturated carbocycles. The van der Waals surface area contributed by atoms with Crippen molar-refractivity contribution in [3.8, 4) is 11.3 Å². The lowest BCUT2D eigenvalue weighted by Crippen LogP contribution is -2.15. The smallest absolute Gasteiger partial charge is 0.267 e. The van der Waals surface area contributed by atoms with Gasteiger partial charge in [0.05, 0.1) is 11.3 Å². The normalized spacial score (nSPS) is 10.6. The van der Waals surface area contributed by atoms with E-state index in [-0.39, 0.29) is 16.8 Å². The zero-order chi connectivity index (χ0) is 12.6. The second-order valence-electron chi connectivity index (χ2n) is 3.75. The van der Waals surface area contributed by atoms with E-state index in [1.165, 1.54) is 6.07 Å². The molecule has 0 aliphatic rings. The fraction of sp³-hybridized carbons (Fsp3) is 0.167. The Hall–Kier alpha value is -2.04. The largest absolute Gasteiger partial charge is 0.268 e. The summed E-state index contributed by atoms with van der Waals surface area (Å²) in [5.74, 6) is -1.40. The van der Waals surface area contributed by atoms with E-state index in [0.29, 0.717) is 11.1 Å². The van der Waals surface area contributed by atoms with Gasteiger partial charge in [0.15, 0.2) is 0 Å². The topological polar surface area (TPSA) is 45.8 Å². The second kappa shape index (κ2) is 4.08. The molecular formula is C12H10F2N2O. The molecule has 0 amide bonds. The molecule has 5 heteroatoms. The van der Waals surface area contributed by atoms with Crippen molar-refractivity contribution in [2.75, 3.05) is 0 Å². The highest BCUT2D eigenvalue weighted by Crippen LogP contribution is 2.26. The van der Waals surface area contributed by atoms with Crippen LogP contribution in [0.3, 0.4) is 0 Å². The van der Waals surface area contributed by atoms with Crippen molar-refractivity contribution in [2.45, 2.75) is 13.8 Å². The minimum atomic E-state index is -0.702. The average Bonchev–Trinajstić information content (AvgIpc) is 2.29. The lowest BCUT2D eigenvalue weighted by Gasteiger charge is -2.08. The van der Waals surface area contributed by atoms with E-state index in [1.807, 2.05) is 0 Å². The molecule has 1 heterocycles. The van der Waals surface area contributed by atoms with Crippen LogP contribution in [0.15, 0.2) is 23.0 Å². The van der Waals surface area contributed by atoms with Crippen molar-refractivity contribution in [2.24, 2.45) is 0 Å². The summed E-state index contributed by atoms with van der Waals surface area (Å²) in [5, 5.41) is 5.94. The van der Waals surface area contributed by atoms with Gasteiger partial charge in [0.1, 0.15) is 11.6 Å². The van der Waals surface area contributed by atoms with E-state index >= 15 is 0 Å². The summed E-state index contributed by atoms with van der Waals surface area (Å²) in [5.41, 5.74) is 0.417. The van der Waals surface area contributed by atoms with E-state index in [1.54, 1.807) is 13.8 Å². The Labute approximate surface area is 96.1 Å². The Morgan fingerprint density at radius 2 is 1.71 bits per heavy atom. The maximum Gasteiger partial charge on any atom is 0.267 e. The van der Waals surface area contributed by atoms with Crippen molar-refractivity contribution in [1.82, 2.24) is 10.2 Å². The molecule has 88 valence electrons. The average molecular weight is 236 g/mol. The van der Waals surface area contributed by atoms with Gasteiger partial charge in [-0.2, -0.15) is 5.10 Å². The van der Waals surface area contributed by atoms with Crippen LogP contribution in [0.2, 0.25) is 0 Å². The Kier molecular flexibility index (Phi) is 2.75. The summed E-state index contributed by atoms with van der Waals surface area (Å²) in [4.78, 5) is 11.3. The fourth-order valence-corrected chi connectivity index (χ4v) is 1.59. The molecule has 17 heavy (non-hydrogen) atoms. The Morgan fingerprint density at radius 3 is 2.29 bits per heavy atom. The number of halogens is 2. The lowest BCUT2D eigenvalue weighted by atomic mass is 10.0. The summed E-state index contributed by atoms with van der Waals surface area (Å²) in [6.07, 6.45) is 0. The molecule has 1 aromatic carbocycles. The highest BCUT2D eigenvalue weighted by molar-refractivity contribution is 5.64. The van der Waals surface area contributed by atoms with Gasteiger partial charge in [-0.3, -0.25) is 4.79 Å². The summed E-state index contributed by atoms with van der Waals surface area (Å²) in [6.45, 7) is 3.19. The number of aromatic amines is 1. The van der Waals surface area contributed by atoms with Gasteiger partial charge in [0, 0.05) is 5.56 Å². The highest BCUT2D eigenvalue weighted by atomic mass is 19.1. The molecule has 1 aromatic heterocycles. The van der Waals surface area contributed by atoms with E-state index in [2.05, 4.69) is 10.2 Å². The zero-order valence-corrected chi connectivity index (χ0v) is 9.34. The predicted molar refractivity (Wildman–Crippen MR) is 59.7 cm³/mol. The molecule has 2 aromatic rings. The zero-order valence-electron chi connectivity index (χ0n) is 9.34. The molecule has 0 aliphatic carbocycles. The maximum absolute atomic E-state index is 13.6. The number of benzene rings is 1. The van der Waals surface area contributed by atoms with Gasteiger partial charge in [-0.25, -0.2) is 13.9 Å². The van der Waals surface area contributed by atoms with Gasteiger partial charge in [-0.05, 0) is 31.5 Å². The van der Waals surface area contributed by atoms with Crippen LogP contribution in [0.4, 0.5) is 8.78 Å². The molecule has 1 N–H and O–H groups in total.